The molecule has 0 spiro atoms. The first kappa shape index (κ1) is 22.4. The highest BCUT2D eigenvalue weighted by Gasteiger charge is 2.30. The number of hydrogen-bond acceptors (Lipinski definition) is 3. The van der Waals surface area contributed by atoms with Crippen LogP contribution in [0.15, 0.2) is 66.0 Å². The van der Waals surface area contributed by atoms with E-state index >= 15 is 0 Å². The fourth-order valence-electron chi connectivity index (χ4n) is 4.48. The van der Waals surface area contributed by atoms with E-state index in [-0.39, 0.29) is 16.7 Å². The van der Waals surface area contributed by atoms with Crippen LogP contribution in [0.5, 0.6) is 11.5 Å². The Hall–Kier alpha value is -2.78. The van der Waals surface area contributed by atoms with E-state index < -0.39 is 0 Å². The molecule has 0 aliphatic rings. The van der Waals surface area contributed by atoms with Crippen molar-refractivity contribution in [2.45, 2.75) is 58.3 Å². The molecule has 1 unspecified atom stereocenters. The van der Waals surface area contributed by atoms with Gasteiger partial charge in [-0.3, -0.25) is 0 Å². The van der Waals surface area contributed by atoms with Crippen molar-refractivity contribution in [2.24, 2.45) is 0 Å². The third-order valence-corrected chi connectivity index (χ3v) is 7.08. The zero-order valence-corrected chi connectivity index (χ0v) is 20.5. The van der Waals surface area contributed by atoms with Gasteiger partial charge in [0, 0.05) is 16.4 Å². The summed E-state index contributed by atoms with van der Waals surface area (Å²) in [5.41, 5.74) is 3.42. The molecule has 2 nitrogen and oxygen atoms in total. The fourth-order valence-corrected chi connectivity index (χ4v) is 5.34. The van der Waals surface area contributed by atoms with Crippen LogP contribution in [0.25, 0.3) is 10.8 Å². The number of rotatable bonds is 3. The van der Waals surface area contributed by atoms with Crippen LogP contribution in [0.3, 0.4) is 0 Å². The van der Waals surface area contributed by atoms with E-state index in [1.165, 1.54) is 4.88 Å². The lowest BCUT2D eigenvalue weighted by Gasteiger charge is -2.30. The summed E-state index contributed by atoms with van der Waals surface area (Å²) < 4.78 is 0. The van der Waals surface area contributed by atoms with Crippen molar-refractivity contribution in [3.8, 4) is 11.5 Å². The molecule has 2 N–H and O–H groups in total. The van der Waals surface area contributed by atoms with E-state index in [0.717, 1.165) is 33.0 Å². The zero-order valence-electron chi connectivity index (χ0n) is 19.7. The average molecular weight is 445 g/mol. The van der Waals surface area contributed by atoms with Crippen LogP contribution in [-0.2, 0) is 10.8 Å². The van der Waals surface area contributed by atoms with Crippen LogP contribution in [0.4, 0.5) is 0 Å². The molecule has 32 heavy (non-hydrogen) atoms. The lowest BCUT2D eigenvalue weighted by molar-refractivity contribution is 0.422. The standard InChI is InChI=1S/C29H32O2S/c1-28(2,3)21-16-19(17-22(27(21)31)29(4,5)6)25(24-12-9-15-32-24)26-20-11-8-7-10-18(20)13-14-23(26)30/h7-17,25,30-31H,1-6H3. The molecule has 1 heterocycles. The Bertz CT molecular complexity index is 1220. The van der Waals surface area contributed by atoms with Crippen molar-refractivity contribution in [3.63, 3.8) is 0 Å². The number of aromatic hydroxyl groups is 2. The highest BCUT2D eigenvalue weighted by molar-refractivity contribution is 7.10. The monoisotopic (exact) mass is 444 g/mol. The maximum absolute atomic E-state index is 11.2. The van der Waals surface area contributed by atoms with Gasteiger partial charge in [0.15, 0.2) is 0 Å². The number of benzene rings is 3. The van der Waals surface area contributed by atoms with Gasteiger partial charge in [-0.2, -0.15) is 0 Å². The molecule has 0 amide bonds. The van der Waals surface area contributed by atoms with Crippen molar-refractivity contribution in [3.05, 3.63) is 93.2 Å². The van der Waals surface area contributed by atoms with Crippen LogP contribution in [-0.4, -0.2) is 10.2 Å². The van der Waals surface area contributed by atoms with Gasteiger partial charge in [-0.1, -0.05) is 90.1 Å². The predicted molar refractivity (Wildman–Crippen MR) is 136 cm³/mol. The smallest absolute Gasteiger partial charge is 0.123 e. The molecule has 0 bridgehead atoms. The third-order valence-electron chi connectivity index (χ3n) is 6.15. The normalized spacial score (nSPS) is 13.4. The van der Waals surface area contributed by atoms with Crippen LogP contribution in [0.1, 0.15) is 74.6 Å². The number of hydrogen-bond donors (Lipinski definition) is 2. The molecule has 0 saturated carbocycles. The van der Waals surface area contributed by atoms with E-state index in [1.54, 1.807) is 17.4 Å². The lowest BCUT2D eigenvalue weighted by Crippen LogP contribution is -2.19. The minimum Gasteiger partial charge on any atom is -0.508 e. The highest BCUT2D eigenvalue weighted by Crippen LogP contribution is 2.47. The first-order chi connectivity index (χ1) is 15.0. The average Bonchev–Trinajstić information content (AvgIpc) is 3.23. The molecule has 0 fully saturated rings. The molecule has 4 rings (SSSR count). The van der Waals surface area contributed by atoms with Crippen LogP contribution in [0.2, 0.25) is 0 Å². The summed E-state index contributed by atoms with van der Waals surface area (Å²) in [6.45, 7) is 12.8. The third kappa shape index (κ3) is 4.02. The van der Waals surface area contributed by atoms with Crippen molar-refractivity contribution >= 4 is 22.1 Å². The molecule has 0 aliphatic carbocycles. The Labute approximate surface area is 195 Å². The van der Waals surface area contributed by atoms with E-state index in [2.05, 4.69) is 83.3 Å². The number of phenolic OH excluding ortho intramolecular Hbond substituents is 2. The first-order valence-corrected chi connectivity index (χ1v) is 12.0. The van der Waals surface area contributed by atoms with E-state index in [4.69, 9.17) is 0 Å². The van der Waals surface area contributed by atoms with Gasteiger partial charge < -0.3 is 10.2 Å². The molecule has 3 heteroatoms. The van der Waals surface area contributed by atoms with Gasteiger partial charge in [0.2, 0.25) is 0 Å². The molecular weight excluding hydrogens is 412 g/mol. The summed E-state index contributed by atoms with van der Waals surface area (Å²) in [5, 5.41) is 26.6. The Morgan fingerprint density at radius 1 is 0.750 bits per heavy atom. The number of phenols is 2. The van der Waals surface area contributed by atoms with E-state index in [0.29, 0.717) is 11.5 Å². The second kappa shape index (κ2) is 7.97. The maximum Gasteiger partial charge on any atom is 0.123 e. The number of thiophene rings is 1. The van der Waals surface area contributed by atoms with Crippen LogP contribution < -0.4 is 0 Å². The minimum absolute atomic E-state index is 0.135. The highest BCUT2D eigenvalue weighted by atomic mass is 32.1. The molecule has 1 aromatic heterocycles. The van der Waals surface area contributed by atoms with Crippen molar-refractivity contribution in [2.75, 3.05) is 0 Å². The minimum atomic E-state index is -0.221. The Kier molecular flexibility index (Phi) is 5.58. The van der Waals surface area contributed by atoms with E-state index in [9.17, 15) is 10.2 Å². The first-order valence-electron chi connectivity index (χ1n) is 11.1. The van der Waals surface area contributed by atoms with Crippen LogP contribution >= 0.6 is 11.3 Å². The summed E-state index contributed by atoms with van der Waals surface area (Å²) in [6, 6.07) is 20.5. The fraction of sp³-hybridized carbons (Fsp3) is 0.310. The second-order valence-corrected chi connectivity index (χ2v) is 11.6. The van der Waals surface area contributed by atoms with Gasteiger partial charge >= 0.3 is 0 Å². The van der Waals surface area contributed by atoms with Gasteiger partial charge in [0.1, 0.15) is 11.5 Å². The molecule has 0 aliphatic heterocycles. The van der Waals surface area contributed by atoms with Crippen molar-refractivity contribution in [1.29, 1.82) is 0 Å². The lowest BCUT2D eigenvalue weighted by atomic mass is 9.75. The molecule has 1 atom stereocenters. The summed E-state index contributed by atoms with van der Waals surface area (Å²) in [7, 11) is 0. The van der Waals surface area contributed by atoms with Gasteiger partial charge in [-0.25, -0.2) is 0 Å². The molecular formula is C29H32O2S. The van der Waals surface area contributed by atoms with Gasteiger partial charge in [0.25, 0.3) is 0 Å². The Morgan fingerprint density at radius 3 is 1.94 bits per heavy atom. The summed E-state index contributed by atoms with van der Waals surface area (Å²) in [4.78, 5) is 1.17. The van der Waals surface area contributed by atoms with Gasteiger partial charge in [-0.05, 0) is 55.8 Å². The Morgan fingerprint density at radius 2 is 1.38 bits per heavy atom. The quantitative estimate of drug-likeness (QED) is 0.335. The molecule has 166 valence electrons. The zero-order chi connectivity index (χ0) is 23.3. The topological polar surface area (TPSA) is 40.5 Å². The summed E-state index contributed by atoms with van der Waals surface area (Å²) in [6.07, 6.45) is 0. The second-order valence-electron chi connectivity index (χ2n) is 10.6. The maximum atomic E-state index is 11.2. The van der Waals surface area contributed by atoms with E-state index in [1.807, 2.05) is 18.2 Å². The Balaban J connectivity index is 2.10. The summed E-state index contributed by atoms with van der Waals surface area (Å²) >= 11 is 1.70. The molecule has 4 aromatic rings. The molecule has 0 saturated heterocycles. The van der Waals surface area contributed by atoms with Crippen molar-refractivity contribution < 1.29 is 10.2 Å². The van der Waals surface area contributed by atoms with Gasteiger partial charge in [-0.15, -0.1) is 11.3 Å². The number of fused-ring (bicyclic) bond motifs is 1. The summed E-state index contributed by atoms with van der Waals surface area (Å²) in [5.74, 6) is 0.537. The van der Waals surface area contributed by atoms with Gasteiger partial charge in [0.05, 0.1) is 0 Å². The molecule has 0 radical (unpaired) electrons. The predicted octanol–water partition coefficient (Wildman–Crippen LogP) is 8.09. The van der Waals surface area contributed by atoms with Crippen molar-refractivity contribution in [1.82, 2.24) is 0 Å². The molecule has 3 aromatic carbocycles. The SMILES string of the molecule is CC(C)(C)c1cc(C(c2cccs2)c2c(O)ccc3ccccc23)cc(C(C)(C)C)c1O. The van der Waals surface area contributed by atoms with Crippen LogP contribution in [0, 0.1) is 0 Å². The largest absolute Gasteiger partial charge is 0.508 e.